The standard InChI is InChI=1S/C7H12O3.C4H10O2/c1-6(8)10-5-7-3-2-4-9-7;1-4(2,5)6-3/h7H,2-5H2,1H3;5H,1-3H3/t7-;/m0./s1. The number of carbonyl (C=O) groups is 1. The van der Waals surface area contributed by atoms with Crippen molar-refractivity contribution in [3.05, 3.63) is 0 Å². The normalized spacial score (nSPS) is 19.9. The fourth-order valence-electron chi connectivity index (χ4n) is 0.986. The van der Waals surface area contributed by atoms with Crippen LogP contribution in [0.5, 0.6) is 0 Å². The van der Waals surface area contributed by atoms with Crippen LogP contribution in [0.15, 0.2) is 0 Å². The molecule has 0 saturated carbocycles. The van der Waals surface area contributed by atoms with Gasteiger partial charge in [0.15, 0.2) is 5.79 Å². The van der Waals surface area contributed by atoms with Gasteiger partial charge < -0.3 is 19.3 Å². The lowest BCUT2D eigenvalue weighted by molar-refractivity contribution is -0.155. The zero-order valence-electron chi connectivity index (χ0n) is 10.5. The molecule has 16 heavy (non-hydrogen) atoms. The smallest absolute Gasteiger partial charge is 0.302 e. The molecule has 0 aromatic carbocycles. The van der Waals surface area contributed by atoms with Crippen LogP contribution in [0.1, 0.15) is 33.6 Å². The highest BCUT2D eigenvalue weighted by atomic mass is 16.6. The molecule has 1 aliphatic heterocycles. The van der Waals surface area contributed by atoms with Crippen LogP contribution in [0.2, 0.25) is 0 Å². The van der Waals surface area contributed by atoms with Crippen LogP contribution < -0.4 is 0 Å². The average molecular weight is 234 g/mol. The van der Waals surface area contributed by atoms with Gasteiger partial charge in [-0.2, -0.15) is 0 Å². The van der Waals surface area contributed by atoms with E-state index in [-0.39, 0.29) is 12.1 Å². The van der Waals surface area contributed by atoms with Gasteiger partial charge in [-0.05, 0) is 26.7 Å². The van der Waals surface area contributed by atoms with Gasteiger partial charge in [0.1, 0.15) is 6.61 Å². The van der Waals surface area contributed by atoms with E-state index in [2.05, 4.69) is 4.74 Å². The first-order valence-corrected chi connectivity index (χ1v) is 5.37. The maximum Gasteiger partial charge on any atom is 0.302 e. The molecule has 96 valence electrons. The lowest BCUT2D eigenvalue weighted by atomic mass is 10.2. The summed E-state index contributed by atoms with van der Waals surface area (Å²) in [7, 11) is 1.46. The number of ether oxygens (including phenoxy) is 3. The first kappa shape index (κ1) is 15.3. The third kappa shape index (κ3) is 9.89. The van der Waals surface area contributed by atoms with Crippen molar-refractivity contribution < 1.29 is 24.1 Å². The summed E-state index contributed by atoms with van der Waals surface area (Å²) in [6.07, 6.45) is 2.27. The summed E-state index contributed by atoms with van der Waals surface area (Å²) in [5.41, 5.74) is 0. The fourth-order valence-corrected chi connectivity index (χ4v) is 0.986. The van der Waals surface area contributed by atoms with Gasteiger partial charge in [0.25, 0.3) is 0 Å². The second-order valence-corrected chi connectivity index (χ2v) is 4.09. The zero-order valence-corrected chi connectivity index (χ0v) is 10.5. The fraction of sp³-hybridized carbons (Fsp3) is 0.909. The molecule has 1 saturated heterocycles. The minimum Gasteiger partial charge on any atom is -0.463 e. The molecule has 5 heteroatoms. The molecule has 0 amide bonds. The Balaban J connectivity index is 0.000000325. The van der Waals surface area contributed by atoms with Gasteiger partial charge in [-0.1, -0.05) is 0 Å². The Hall–Kier alpha value is -0.650. The van der Waals surface area contributed by atoms with Gasteiger partial charge in [-0.15, -0.1) is 0 Å². The van der Waals surface area contributed by atoms with E-state index in [9.17, 15) is 4.79 Å². The molecule has 5 nitrogen and oxygen atoms in total. The summed E-state index contributed by atoms with van der Waals surface area (Å²) >= 11 is 0. The van der Waals surface area contributed by atoms with Crippen molar-refractivity contribution in [2.75, 3.05) is 20.3 Å². The molecule has 0 spiro atoms. The molecule has 0 radical (unpaired) electrons. The topological polar surface area (TPSA) is 65.0 Å². The lowest BCUT2D eigenvalue weighted by Crippen LogP contribution is -2.20. The molecule has 0 bridgehead atoms. The Kier molecular flexibility index (Phi) is 7.29. The Bertz CT molecular complexity index is 191. The Morgan fingerprint density at radius 2 is 2.12 bits per heavy atom. The minimum atomic E-state index is -0.958. The van der Waals surface area contributed by atoms with Crippen LogP contribution in [0.3, 0.4) is 0 Å². The van der Waals surface area contributed by atoms with E-state index in [1.807, 2.05) is 0 Å². The molecular formula is C11H22O5. The zero-order chi connectivity index (χ0) is 12.6. The first-order valence-electron chi connectivity index (χ1n) is 5.37. The van der Waals surface area contributed by atoms with Gasteiger partial charge in [-0.25, -0.2) is 0 Å². The van der Waals surface area contributed by atoms with Gasteiger partial charge in [0.05, 0.1) is 6.10 Å². The van der Waals surface area contributed by atoms with Crippen molar-refractivity contribution in [2.24, 2.45) is 0 Å². The Morgan fingerprint density at radius 1 is 1.56 bits per heavy atom. The Morgan fingerprint density at radius 3 is 2.44 bits per heavy atom. The molecule has 1 atom stereocenters. The van der Waals surface area contributed by atoms with Gasteiger partial charge in [0.2, 0.25) is 0 Å². The average Bonchev–Trinajstić information content (AvgIpc) is 2.67. The largest absolute Gasteiger partial charge is 0.463 e. The van der Waals surface area contributed by atoms with Crippen LogP contribution >= 0.6 is 0 Å². The van der Waals surface area contributed by atoms with Crippen molar-refractivity contribution in [3.63, 3.8) is 0 Å². The molecule has 0 aromatic heterocycles. The molecule has 1 aliphatic rings. The van der Waals surface area contributed by atoms with Crippen molar-refractivity contribution in [2.45, 2.75) is 45.5 Å². The van der Waals surface area contributed by atoms with E-state index in [1.165, 1.54) is 14.0 Å². The molecule has 1 N–H and O–H groups in total. The molecule has 1 heterocycles. The van der Waals surface area contributed by atoms with Crippen LogP contribution in [-0.4, -0.2) is 43.3 Å². The number of aliphatic hydroxyl groups is 1. The SMILES string of the molecule is CC(=O)OC[C@@H]1CCCO1.COC(C)(C)O. The Labute approximate surface area is 96.7 Å². The highest BCUT2D eigenvalue weighted by Crippen LogP contribution is 2.11. The van der Waals surface area contributed by atoms with Crippen LogP contribution in [0.4, 0.5) is 0 Å². The number of methoxy groups -OCH3 is 1. The predicted molar refractivity (Wildman–Crippen MR) is 58.9 cm³/mol. The summed E-state index contributed by atoms with van der Waals surface area (Å²) in [6.45, 7) is 5.80. The highest BCUT2D eigenvalue weighted by molar-refractivity contribution is 5.65. The van der Waals surface area contributed by atoms with Crippen LogP contribution in [0, 0.1) is 0 Å². The second kappa shape index (κ2) is 7.60. The van der Waals surface area contributed by atoms with Gasteiger partial charge in [-0.3, -0.25) is 4.79 Å². The minimum absolute atomic E-state index is 0.156. The molecule has 0 aromatic rings. The number of hydrogen-bond acceptors (Lipinski definition) is 5. The monoisotopic (exact) mass is 234 g/mol. The summed E-state index contributed by atoms with van der Waals surface area (Å²) in [6, 6.07) is 0. The van der Waals surface area contributed by atoms with E-state index in [4.69, 9.17) is 14.6 Å². The van der Waals surface area contributed by atoms with E-state index < -0.39 is 5.79 Å². The van der Waals surface area contributed by atoms with Crippen molar-refractivity contribution in [1.82, 2.24) is 0 Å². The summed E-state index contributed by atoms with van der Waals surface area (Å²) < 4.78 is 14.5. The third-order valence-electron chi connectivity index (χ3n) is 2.00. The van der Waals surface area contributed by atoms with Gasteiger partial charge >= 0.3 is 5.97 Å². The van der Waals surface area contributed by atoms with E-state index in [1.54, 1.807) is 13.8 Å². The highest BCUT2D eigenvalue weighted by Gasteiger charge is 2.15. The molecule has 1 rings (SSSR count). The van der Waals surface area contributed by atoms with Crippen molar-refractivity contribution >= 4 is 5.97 Å². The van der Waals surface area contributed by atoms with Crippen LogP contribution in [-0.2, 0) is 19.0 Å². The van der Waals surface area contributed by atoms with Crippen LogP contribution in [0.25, 0.3) is 0 Å². The maximum atomic E-state index is 10.3. The number of carbonyl (C=O) groups excluding carboxylic acids is 1. The summed E-state index contributed by atoms with van der Waals surface area (Å²) in [4.78, 5) is 10.3. The lowest BCUT2D eigenvalue weighted by Gasteiger charge is -2.12. The summed E-state index contributed by atoms with van der Waals surface area (Å²) in [5, 5.41) is 8.60. The molecular weight excluding hydrogens is 212 g/mol. The molecule has 0 unspecified atom stereocenters. The van der Waals surface area contributed by atoms with E-state index >= 15 is 0 Å². The maximum absolute atomic E-state index is 10.3. The van der Waals surface area contributed by atoms with Crippen molar-refractivity contribution in [1.29, 1.82) is 0 Å². The second-order valence-electron chi connectivity index (χ2n) is 4.09. The van der Waals surface area contributed by atoms with Gasteiger partial charge in [0, 0.05) is 20.6 Å². The molecule has 1 fully saturated rings. The van der Waals surface area contributed by atoms with Crippen molar-refractivity contribution in [3.8, 4) is 0 Å². The van der Waals surface area contributed by atoms with E-state index in [0.29, 0.717) is 6.61 Å². The molecule has 0 aliphatic carbocycles. The third-order valence-corrected chi connectivity index (χ3v) is 2.00. The number of hydrogen-bond donors (Lipinski definition) is 1. The number of rotatable bonds is 3. The van der Waals surface area contributed by atoms with E-state index in [0.717, 1.165) is 19.4 Å². The number of esters is 1. The summed E-state index contributed by atoms with van der Waals surface area (Å²) in [5.74, 6) is -1.18. The predicted octanol–water partition coefficient (Wildman–Crippen LogP) is 1.09. The quantitative estimate of drug-likeness (QED) is 0.585. The first-order chi connectivity index (χ1) is 7.35.